The molecule has 0 bridgehead atoms. The number of hydrogen-bond donors (Lipinski definition) is 1. The third-order valence-corrected chi connectivity index (χ3v) is 2.36. The quantitative estimate of drug-likeness (QED) is 0.605. The summed E-state index contributed by atoms with van der Waals surface area (Å²) < 4.78 is 0. The second kappa shape index (κ2) is 4.73. The number of carbonyl (C=O) groups is 1. The Balaban J connectivity index is 3.10. The van der Waals surface area contributed by atoms with E-state index >= 15 is 0 Å². The van der Waals surface area contributed by atoms with Gasteiger partial charge in [0, 0.05) is 16.8 Å². The zero-order chi connectivity index (χ0) is 11.4. The summed E-state index contributed by atoms with van der Waals surface area (Å²) in [4.78, 5) is 11.4. The van der Waals surface area contributed by atoms with E-state index in [2.05, 4.69) is 16.8 Å². The van der Waals surface area contributed by atoms with Gasteiger partial charge in [0.05, 0.1) is 6.20 Å². The van der Waals surface area contributed by atoms with Crippen LogP contribution < -0.4 is 0 Å². The first-order valence-electron chi connectivity index (χ1n) is 4.97. The lowest BCUT2D eigenvalue weighted by Crippen LogP contribution is -1.99. The van der Waals surface area contributed by atoms with Crippen molar-refractivity contribution < 1.29 is 4.79 Å². The number of aromatic amines is 1. The highest BCUT2D eigenvalue weighted by atomic mass is 16.1. The van der Waals surface area contributed by atoms with Gasteiger partial charge in [-0.05, 0) is 31.9 Å². The first kappa shape index (κ1) is 11.4. The molecule has 0 fully saturated rings. The minimum Gasteiger partial charge on any atom is -0.295 e. The molecule has 3 heteroatoms. The SMILES string of the molecule is C=C(CC)C(=Cc1cn[nH]c1C)C(C)=O. The van der Waals surface area contributed by atoms with Crippen molar-refractivity contribution in [3.05, 3.63) is 35.2 Å². The molecule has 0 radical (unpaired) electrons. The highest BCUT2D eigenvalue weighted by Crippen LogP contribution is 2.17. The topological polar surface area (TPSA) is 45.8 Å². The Labute approximate surface area is 89.9 Å². The summed E-state index contributed by atoms with van der Waals surface area (Å²) in [5.74, 6) is 0.0439. The molecule has 1 aromatic heterocycles. The third-order valence-electron chi connectivity index (χ3n) is 2.36. The van der Waals surface area contributed by atoms with Crippen molar-refractivity contribution in [3.63, 3.8) is 0 Å². The number of rotatable bonds is 4. The number of hydrogen-bond acceptors (Lipinski definition) is 2. The molecule has 0 amide bonds. The van der Waals surface area contributed by atoms with E-state index in [1.807, 2.05) is 19.9 Å². The zero-order valence-corrected chi connectivity index (χ0v) is 9.42. The van der Waals surface area contributed by atoms with E-state index < -0.39 is 0 Å². The molecular weight excluding hydrogens is 188 g/mol. The van der Waals surface area contributed by atoms with Gasteiger partial charge in [-0.25, -0.2) is 0 Å². The minimum atomic E-state index is 0.0439. The van der Waals surface area contributed by atoms with Crippen LogP contribution in [0.15, 0.2) is 23.9 Å². The van der Waals surface area contributed by atoms with Gasteiger partial charge in [-0.2, -0.15) is 5.10 Å². The van der Waals surface area contributed by atoms with Crippen LogP contribution in [0, 0.1) is 6.92 Å². The molecule has 0 aliphatic rings. The van der Waals surface area contributed by atoms with Gasteiger partial charge in [0.25, 0.3) is 0 Å². The number of allylic oxidation sites excluding steroid dienone is 2. The Morgan fingerprint density at radius 2 is 2.33 bits per heavy atom. The van der Waals surface area contributed by atoms with E-state index in [0.29, 0.717) is 5.57 Å². The van der Waals surface area contributed by atoms with E-state index in [1.54, 1.807) is 13.1 Å². The molecule has 3 nitrogen and oxygen atoms in total. The van der Waals surface area contributed by atoms with Crippen molar-refractivity contribution in [2.24, 2.45) is 0 Å². The largest absolute Gasteiger partial charge is 0.295 e. The lowest BCUT2D eigenvalue weighted by atomic mass is 9.99. The molecule has 0 aliphatic carbocycles. The Hall–Kier alpha value is -1.64. The Kier molecular flexibility index (Phi) is 3.61. The van der Waals surface area contributed by atoms with Gasteiger partial charge in [-0.3, -0.25) is 9.89 Å². The van der Waals surface area contributed by atoms with Crippen LogP contribution in [0.3, 0.4) is 0 Å². The summed E-state index contributed by atoms with van der Waals surface area (Å²) in [6, 6.07) is 0. The number of Topliss-reactive ketones (excluding diaryl/α,β-unsaturated/α-hetero) is 1. The normalized spacial score (nSPS) is 11.5. The van der Waals surface area contributed by atoms with Gasteiger partial charge in [-0.15, -0.1) is 0 Å². The van der Waals surface area contributed by atoms with Crippen LogP contribution in [0.25, 0.3) is 6.08 Å². The van der Waals surface area contributed by atoms with Crippen molar-refractivity contribution in [2.45, 2.75) is 27.2 Å². The van der Waals surface area contributed by atoms with Crippen molar-refractivity contribution in [1.82, 2.24) is 10.2 Å². The Morgan fingerprint density at radius 3 is 2.73 bits per heavy atom. The van der Waals surface area contributed by atoms with Crippen LogP contribution in [-0.4, -0.2) is 16.0 Å². The zero-order valence-electron chi connectivity index (χ0n) is 9.42. The van der Waals surface area contributed by atoms with Crippen molar-refractivity contribution in [1.29, 1.82) is 0 Å². The molecule has 0 saturated carbocycles. The van der Waals surface area contributed by atoms with Crippen molar-refractivity contribution in [3.8, 4) is 0 Å². The van der Waals surface area contributed by atoms with E-state index in [-0.39, 0.29) is 5.78 Å². The number of ketones is 1. The third kappa shape index (κ3) is 2.65. The van der Waals surface area contributed by atoms with Crippen LogP contribution in [0.1, 0.15) is 31.5 Å². The summed E-state index contributed by atoms with van der Waals surface area (Å²) in [6.07, 6.45) is 4.33. The van der Waals surface area contributed by atoms with Crippen LogP contribution >= 0.6 is 0 Å². The van der Waals surface area contributed by atoms with E-state index in [1.165, 1.54) is 0 Å². The average molecular weight is 204 g/mol. The Morgan fingerprint density at radius 1 is 1.67 bits per heavy atom. The highest BCUT2D eigenvalue weighted by Gasteiger charge is 2.08. The molecule has 1 aromatic rings. The molecule has 15 heavy (non-hydrogen) atoms. The predicted molar refractivity (Wildman–Crippen MR) is 61.4 cm³/mol. The summed E-state index contributed by atoms with van der Waals surface area (Å²) in [5, 5.41) is 6.74. The maximum Gasteiger partial charge on any atom is 0.160 e. The summed E-state index contributed by atoms with van der Waals surface area (Å²) in [5.41, 5.74) is 3.44. The molecule has 0 aliphatic heterocycles. The number of H-pyrrole nitrogens is 1. The van der Waals surface area contributed by atoms with Gasteiger partial charge < -0.3 is 0 Å². The minimum absolute atomic E-state index is 0.0439. The fraction of sp³-hybridized carbons (Fsp3) is 0.333. The van der Waals surface area contributed by atoms with Gasteiger partial charge in [0.1, 0.15) is 0 Å². The molecule has 1 rings (SSSR count). The van der Waals surface area contributed by atoms with Gasteiger partial charge in [0.15, 0.2) is 5.78 Å². The first-order valence-corrected chi connectivity index (χ1v) is 4.97. The number of carbonyl (C=O) groups excluding carboxylic acids is 1. The smallest absolute Gasteiger partial charge is 0.160 e. The molecule has 0 atom stereocenters. The lowest BCUT2D eigenvalue weighted by Gasteiger charge is -2.04. The van der Waals surface area contributed by atoms with Crippen LogP contribution in [0.2, 0.25) is 0 Å². The van der Waals surface area contributed by atoms with Gasteiger partial charge >= 0.3 is 0 Å². The van der Waals surface area contributed by atoms with Crippen LogP contribution in [-0.2, 0) is 4.79 Å². The maximum atomic E-state index is 11.4. The molecule has 0 aromatic carbocycles. The monoisotopic (exact) mass is 204 g/mol. The second-order valence-corrected chi connectivity index (χ2v) is 3.52. The van der Waals surface area contributed by atoms with E-state index in [9.17, 15) is 4.79 Å². The highest BCUT2D eigenvalue weighted by molar-refractivity contribution is 6.01. The fourth-order valence-corrected chi connectivity index (χ4v) is 1.30. The average Bonchev–Trinajstić information content (AvgIpc) is 2.59. The summed E-state index contributed by atoms with van der Waals surface area (Å²) >= 11 is 0. The maximum absolute atomic E-state index is 11.4. The summed E-state index contributed by atoms with van der Waals surface area (Å²) in [7, 11) is 0. The standard InChI is InChI=1S/C12H16N2O/c1-5-8(2)12(10(4)15)6-11-7-13-14-9(11)3/h6-7H,2,5H2,1,3-4H3,(H,13,14). The molecule has 0 saturated heterocycles. The lowest BCUT2D eigenvalue weighted by molar-refractivity contribution is -0.113. The number of aryl methyl sites for hydroxylation is 1. The predicted octanol–water partition coefficient (Wildman–Crippen LogP) is 2.66. The number of nitrogens with one attached hydrogen (secondary N) is 1. The second-order valence-electron chi connectivity index (χ2n) is 3.52. The first-order chi connectivity index (χ1) is 7.06. The Bertz CT molecular complexity index is 413. The number of aromatic nitrogens is 2. The van der Waals surface area contributed by atoms with Gasteiger partial charge in [0.2, 0.25) is 0 Å². The van der Waals surface area contributed by atoms with E-state index in [4.69, 9.17) is 0 Å². The molecule has 1 heterocycles. The molecule has 0 unspecified atom stereocenters. The molecular formula is C12H16N2O. The van der Waals surface area contributed by atoms with Crippen molar-refractivity contribution >= 4 is 11.9 Å². The molecule has 0 spiro atoms. The van der Waals surface area contributed by atoms with Crippen molar-refractivity contribution in [2.75, 3.05) is 0 Å². The molecule has 1 N–H and O–H groups in total. The van der Waals surface area contributed by atoms with Crippen LogP contribution in [0.4, 0.5) is 0 Å². The summed E-state index contributed by atoms with van der Waals surface area (Å²) in [6.45, 7) is 9.35. The number of nitrogens with zero attached hydrogens (tertiary/aromatic N) is 1. The van der Waals surface area contributed by atoms with Crippen LogP contribution in [0.5, 0.6) is 0 Å². The van der Waals surface area contributed by atoms with E-state index in [0.717, 1.165) is 23.3 Å². The molecule has 80 valence electrons. The van der Waals surface area contributed by atoms with Gasteiger partial charge in [-0.1, -0.05) is 13.5 Å². The fourth-order valence-electron chi connectivity index (χ4n) is 1.30.